The molecule has 0 fully saturated rings. The van der Waals surface area contributed by atoms with Crippen LogP contribution in [0, 0.1) is 0 Å². The summed E-state index contributed by atoms with van der Waals surface area (Å²) in [5.41, 5.74) is 0.766. The third-order valence-corrected chi connectivity index (χ3v) is 3.79. The molecule has 4 heteroatoms. The zero-order chi connectivity index (χ0) is 13.7. The number of benzene rings is 1. The van der Waals surface area contributed by atoms with Crippen molar-refractivity contribution in [2.45, 2.75) is 18.9 Å². The van der Waals surface area contributed by atoms with Gasteiger partial charge in [-0.2, -0.15) is 0 Å². The maximum atomic E-state index is 12.1. The number of hydrogen-bond acceptors (Lipinski definition) is 4. The minimum atomic E-state index is -0.874. The highest BCUT2D eigenvalue weighted by Crippen LogP contribution is 2.34. The summed E-state index contributed by atoms with van der Waals surface area (Å²) >= 11 is 1.43. The molecule has 3 nitrogen and oxygen atoms in total. The molecule has 2 aromatic rings. The first kappa shape index (κ1) is 13.8. The number of rotatable bonds is 5. The van der Waals surface area contributed by atoms with Crippen molar-refractivity contribution in [3.63, 3.8) is 0 Å². The molecule has 0 bridgehead atoms. The molecule has 2 atom stereocenters. The van der Waals surface area contributed by atoms with E-state index in [0.717, 1.165) is 10.4 Å². The van der Waals surface area contributed by atoms with E-state index in [0.29, 0.717) is 6.61 Å². The van der Waals surface area contributed by atoms with Crippen molar-refractivity contribution in [3.8, 4) is 0 Å². The lowest BCUT2D eigenvalue weighted by Gasteiger charge is -2.20. The molecule has 100 valence electrons. The number of aliphatic hydroxyl groups is 1. The van der Waals surface area contributed by atoms with Crippen molar-refractivity contribution in [1.29, 1.82) is 0 Å². The van der Waals surface area contributed by atoms with Crippen molar-refractivity contribution < 1.29 is 14.6 Å². The summed E-state index contributed by atoms with van der Waals surface area (Å²) < 4.78 is 5.08. The lowest BCUT2D eigenvalue weighted by Crippen LogP contribution is -2.22. The Labute approximate surface area is 116 Å². The number of hydrogen-bond donors (Lipinski definition) is 1. The predicted molar refractivity (Wildman–Crippen MR) is 75.1 cm³/mol. The summed E-state index contributed by atoms with van der Waals surface area (Å²) in [7, 11) is 0. The van der Waals surface area contributed by atoms with Crippen LogP contribution in [0.2, 0.25) is 0 Å². The van der Waals surface area contributed by atoms with Gasteiger partial charge in [0, 0.05) is 4.88 Å². The fraction of sp³-hybridized carbons (Fsp3) is 0.267. The van der Waals surface area contributed by atoms with E-state index in [9.17, 15) is 9.90 Å². The van der Waals surface area contributed by atoms with E-state index in [1.54, 1.807) is 6.92 Å². The summed E-state index contributed by atoms with van der Waals surface area (Å²) in [6, 6.07) is 12.9. The molecular weight excluding hydrogens is 260 g/mol. The van der Waals surface area contributed by atoms with Crippen LogP contribution in [0.25, 0.3) is 0 Å². The van der Waals surface area contributed by atoms with Crippen LogP contribution >= 0.6 is 11.3 Å². The van der Waals surface area contributed by atoms with Gasteiger partial charge in [0.2, 0.25) is 0 Å². The fourth-order valence-corrected chi connectivity index (χ4v) is 2.71. The number of carbonyl (C=O) groups excluding carboxylic acids is 1. The topological polar surface area (TPSA) is 46.5 Å². The first-order valence-electron chi connectivity index (χ1n) is 6.17. The van der Waals surface area contributed by atoms with Gasteiger partial charge in [0.1, 0.15) is 12.0 Å². The number of aliphatic hydroxyl groups excluding tert-OH is 1. The number of carbonyl (C=O) groups is 1. The molecule has 0 aliphatic carbocycles. The highest BCUT2D eigenvalue weighted by molar-refractivity contribution is 7.10. The summed E-state index contributed by atoms with van der Waals surface area (Å²) in [5, 5.41) is 12.3. The molecule has 19 heavy (non-hydrogen) atoms. The van der Waals surface area contributed by atoms with E-state index < -0.39 is 18.0 Å². The lowest BCUT2D eigenvalue weighted by atomic mass is 9.92. The van der Waals surface area contributed by atoms with E-state index in [2.05, 4.69) is 0 Å². The summed E-state index contributed by atoms with van der Waals surface area (Å²) in [6.07, 6.45) is -0.874. The molecule has 0 unspecified atom stereocenters. The van der Waals surface area contributed by atoms with Gasteiger partial charge in [-0.3, -0.25) is 4.79 Å². The average Bonchev–Trinajstić information content (AvgIpc) is 2.94. The largest absolute Gasteiger partial charge is 0.465 e. The van der Waals surface area contributed by atoms with Gasteiger partial charge in [-0.25, -0.2) is 0 Å². The van der Waals surface area contributed by atoms with Gasteiger partial charge in [-0.05, 0) is 23.9 Å². The highest BCUT2D eigenvalue weighted by atomic mass is 32.1. The minimum absolute atomic E-state index is 0.305. The monoisotopic (exact) mass is 276 g/mol. The van der Waals surface area contributed by atoms with Gasteiger partial charge in [-0.1, -0.05) is 36.4 Å². The Morgan fingerprint density at radius 1 is 1.26 bits per heavy atom. The molecule has 1 aromatic carbocycles. The zero-order valence-electron chi connectivity index (χ0n) is 10.7. The Bertz CT molecular complexity index is 507. The second kappa shape index (κ2) is 6.50. The average molecular weight is 276 g/mol. The molecule has 1 heterocycles. The quantitative estimate of drug-likeness (QED) is 0.853. The molecule has 0 aliphatic heterocycles. The molecule has 0 aliphatic rings. The second-order valence-electron chi connectivity index (χ2n) is 4.10. The Kier molecular flexibility index (Phi) is 4.71. The fourth-order valence-electron chi connectivity index (χ4n) is 1.96. The molecule has 0 amide bonds. The molecule has 1 N–H and O–H groups in total. The normalized spacial score (nSPS) is 13.8. The number of ether oxygens (including phenoxy) is 1. The predicted octanol–water partition coefficient (Wildman–Crippen LogP) is 3.13. The third kappa shape index (κ3) is 3.22. The van der Waals surface area contributed by atoms with Gasteiger partial charge in [0.15, 0.2) is 0 Å². The van der Waals surface area contributed by atoms with Crippen LogP contribution < -0.4 is 0 Å². The third-order valence-electron chi connectivity index (χ3n) is 2.85. The Morgan fingerprint density at radius 2 is 2.00 bits per heavy atom. The Morgan fingerprint density at radius 3 is 2.58 bits per heavy atom. The smallest absolute Gasteiger partial charge is 0.316 e. The van der Waals surface area contributed by atoms with Crippen molar-refractivity contribution in [2.24, 2.45) is 0 Å². The SMILES string of the molecule is CCOC(=O)[C@@H](c1ccccc1)[C@H](O)c1cccs1. The van der Waals surface area contributed by atoms with Crippen LogP contribution in [-0.2, 0) is 9.53 Å². The van der Waals surface area contributed by atoms with Gasteiger partial charge < -0.3 is 9.84 Å². The van der Waals surface area contributed by atoms with Gasteiger partial charge in [-0.15, -0.1) is 11.3 Å². The minimum Gasteiger partial charge on any atom is -0.465 e. The van der Waals surface area contributed by atoms with Crippen LogP contribution in [0.15, 0.2) is 47.8 Å². The Balaban J connectivity index is 2.32. The molecule has 0 saturated heterocycles. The van der Waals surface area contributed by atoms with Gasteiger partial charge >= 0.3 is 5.97 Å². The van der Waals surface area contributed by atoms with Crippen molar-refractivity contribution in [2.75, 3.05) is 6.61 Å². The summed E-state index contributed by atoms with van der Waals surface area (Å²) in [6.45, 7) is 2.07. The molecule has 1 aromatic heterocycles. The maximum absolute atomic E-state index is 12.1. The Hall–Kier alpha value is -1.65. The molecule has 0 radical (unpaired) electrons. The van der Waals surface area contributed by atoms with Crippen molar-refractivity contribution >= 4 is 17.3 Å². The lowest BCUT2D eigenvalue weighted by molar-refractivity contribution is -0.147. The molecule has 2 rings (SSSR count). The van der Waals surface area contributed by atoms with Gasteiger partial charge in [0.25, 0.3) is 0 Å². The van der Waals surface area contributed by atoms with Gasteiger partial charge in [0.05, 0.1) is 6.61 Å². The number of esters is 1. The van der Waals surface area contributed by atoms with Crippen LogP contribution in [0.1, 0.15) is 29.4 Å². The molecular formula is C15H16O3S. The van der Waals surface area contributed by atoms with E-state index in [-0.39, 0.29) is 0 Å². The van der Waals surface area contributed by atoms with E-state index in [1.807, 2.05) is 47.8 Å². The number of thiophene rings is 1. The summed E-state index contributed by atoms with van der Waals surface area (Å²) in [4.78, 5) is 12.9. The van der Waals surface area contributed by atoms with E-state index in [1.165, 1.54) is 11.3 Å². The zero-order valence-corrected chi connectivity index (χ0v) is 11.5. The van der Waals surface area contributed by atoms with Crippen molar-refractivity contribution in [1.82, 2.24) is 0 Å². The van der Waals surface area contributed by atoms with E-state index >= 15 is 0 Å². The maximum Gasteiger partial charge on any atom is 0.316 e. The van der Waals surface area contributed by atoms with Crippen molar-refractivity contribution in [3.05, 3.63) is 58.3 Å². The van der Waals surface area contributed by atoms with Crippen LogP contribution in [0.3, 0.4) is 0 Å². The van der Waals surface area contributed by atoms with Crippen LogP contribution in [0.5, 0.6) is 0 Å². The first-order chi connectivity index (χ1) is 9.24. The first-order valence-corrected chi connectivity index (χ1v) is 7.05. The highest BCUT2D eigenvalue weighted by Gasteiger charge is 2.31. The van der Waals surface area contributed by atoms with Crippen LogP contribution in [0.4, 0.5) is 0 Å². The second-order valence-corrected chi connectivity index (χ2v) is 5.08. The van der Waals surface area contributed by atoms with Crippen LogP contribution in [-0.4, -0.2) is 17.7 Å². The summed E-state index contributed by atoms with van der Waals surface area (Å²) in [5.74, 6) is -1.07. The van der Waals surface area contributed by atoms with E-state index in [4.69, 9.17) is 4.74 Å². The molecule has 0 saturated carbocycles. The molecule has 0 spiro atoms. The standard InChI is InChI=1S/C15H16O3S/c1-2-18-15(17)13(11-7-4-3-5-8-11)14(16)12-9-6-10-19-12/h3-10,13-14,16H,2H2,1H3/t13-,14+/m0/s1.